The number of carbonyl (C=O) groups excluding carboxylic acids is 1. The van der Waals surface area contributed by atoms with Crippen molar-refractivity contribution in [3.05, 3.63) is 0 Å². The van der Waals surface area contributed by atoms with Gasteiger partial charge in [0.15, 0.2) is 5.78 Å². The number of aliphatic hydroxyl groups excluding tert-OH is 3. The molecule has 0 aromatic heterocycles. The zero-order valence-electron chi connectivity index (χ0n) is 9.95. The van der Waals surface area contributed by atoms with E-state index in [9.17, 15) is 20.1 Å². The van der Waals surface area contributed by atoms with Crippen LogP contribution in [0, 0.1) is 5.92 Å². The first-order valence-corrected chi connectivity index (χ1v) is 6.29. The van der Waals surface area contributed by atoms with Crippen LogP contribution in [0.25, 0.3) is 0 Å². The van der Waals surface area contributed by atoms with E-state index >= 15 is 0 Å². The van der Waals surface area contributed by atoms with Gasteiger partial charge in [-0.1, -0.05) is 13.3 Å². The third kappa shape index (κ3) is 2.25. The van der Waals surface area contributed by atoms with Gasteiger partial charge >= 0.3 is 0 Å². The van der Waals surface area contributed by atoms with Gasteiger partial charge in [0.1, 0.15) is 12.2 Å². The number of ketones is 1. The van der Waals surface area contributed by atoms with Gasteiger partial charge in [0.25, 0.3) is 0 Å². The van der Waals surface area contributed by atoms with Gasteiger partial charge in [-0.2, -0.15) is 0 Å². The van der Waals surface area contributed by atoms with Crippen LogP contribution in [0.2, 0.25) is 0 Å². The largest absolute Gasteiger partial charge is 0.389 e. The van der Waals surface area contributed by atoms with E-state index in [1.54, 1.807) is 0 Å². The molecule has 1 saturated heterocycles. The number of aliphatic hydroxyl groups is 3. The van der Waals surface area contributed by atoms with Crippen molar-refractivity contribution in [2.24, 2.45) is 5.92 Å². The summed E-state index contributed by atoms with van der Waals surface area (Å²) < 4.78 is 5.69. The molecule has 5 heteroatoms. The van der Waals surface area contributed by atoms with Gasteiger partial charge in [-0.25, -0.2) is 0 Å². The molecular formula is C12H20O5. The van der Waals surface area contributed by atoms with Crippen molar-refractivity contribution in [2.75, 3.05) is 0 Å². The van der Waals surface area contributed by atoms with Crippen LogP contribution < -0.4 is 0 Å². The van der Waals surface area contributed by atoms with E-state index in [-0.39, 0.29) is 6.10 Å². The first kappa shape index (κ1) is 13.0. The highest BCUT2D eigenvalue weighted by Crippen LogP contribution is 2.35. The Morgan fingerprint density at radius 1 is 1.24 bits per heavy atom. The smallest absolute Gasteiger partial charge is 0.169 e. The van der Waals surface area contributed by atoms with Gasteiger partial charge in [0.2, 0.25) is 0 Å². The zero-order chi connectivity index (χ0) is 12.6. The Bertz CT molecular complexity index is 291. The molecule has 2 fully saturated rings. The monoisotopic (exact) mass is 244 g/mol. The minimum Gasteiger partial charge on any atom is -0.389 e. The van der Waals surface area contributed by atoms with Crippen molar-refractivity contribution in [3.63, 3.8) is 0 Å². The second-order valence-corrected chi connectivity index (χ2v) is 5.00. The minimum atomic E-state index is -1.12. The molecular weight excluding hydrogens is 224 g/mol. The van der Waals surface area contributed by atoms with Gasteiger partial charge in [-0.3, -0.25) is 4.79 Å². The lowest BCUT2D eigenvalue weighted by Gasteiger charge is -2.45. The second-order valence-electron chi connectivity index (χ2n) is 5.00. The molecule has 0 spiro atoms. The molecule has 3 N–H and O–H groups in total. The van der Waals surface area contributed by atoms with E-state index in [0.29, 0.717) is 19.3 Å². The molecule has 98 valence electrons. The summed E-state index contributed by atoms with van der Waals surface area (Å²) in [5.41, 5.74) is 0. The maximum atomic E-state index is 11.8. The molecule has 17 heavy (non-hydrogen) atoms. The fraction of sp³-hybridized carbons (Fsp3) is 0.917. The predicted octanol–water partition coefficient (Wildman–Crippen LogP) is -0.384. The van der Waals surface area contributed by atoms with Gasteiger partial charge in [-0.05, 0) is 19.3 Å². The van der Waals surface area contributed by atoms with Gasteiger partial charge in [0, 0.05) is 0 Å². The number of hydrogen-bond donors (Lipinski definition) is 3. The van der Waals surface area contributed by atoms with Crippen LogP contribution in [0.3, 0.4) is 0 Å². The van der Waals surface area contributed by atoms with Crippen molar-refractivity contribution in [1.82, 2.24) is 0 Å². The molecule has 1 aliphatic carbocycles. The van der Waals surface area contributed by atoms with Crippen LogP contribution in [0.15, 0.2) is 0 Å². The molecule has 1 heterocycles. The number of fused-ring (bicyclic) bond motifs is 1. The standard InChI is InChI=1S/C12H20O5/c1-2-3-8-11(15)12(16)9-7(17-8)5-4-6(13)10(9)14/h6-9,11-13,15-16H,2-5H2,1H3/t6-,7+,8-,9+,11-,12-/m1/s1. The Hall–Kier alpha value is -0.490. The Morgan fingerprint density at radius 2 is 1.94 bits per heavy atom. The van der Waals surface area contributed by atoms with E-state index in [0.717, 1.165) is 6.42 Å². The summed E-state index contributed by atoms with van der Waals surface area (Å²) in [6.45, 7) is 1.98. The van der Waals surface area contributed by atoms with Gasteiger partial charge < -0.3 is 20.1 Å². The Kier molecular flexibility index (Phi) is 3.82. The molecule has 0 aromatic rings. The topological polar surface area (TPSA) is 87.0 Å². The number of rotatable bonds is 2. The fourth-order valence-electron chi connectivity index (χ4n) is 2.85. The molecule has 6 atom stereocenters. The third-order valence-corrected chi connectivity index (χ3v) is 3.80. The predicted molar refractivity (Wildman–Crippen MR) is 59.3 cm³/mol. The van der Waals surface area contributed by atoms with Crippen molar-refractivity contribution in [3.8, 4) is 0 Å². The molecule has 0 aromatic carbocycles. The average molecular weight is 244 g/mol. The normalized spacial score (nSPS) is 46.7. The molecule has 5 nitrogen and oxygen atoms in total. The average Bonchev–Trinajstić information content (AvgIpc) is 2.30. The van der Waals surface area contributed by atoms with Crippen LogP contribution in [-0.4, -0.2) is 51.6 Å². The molecule has 0 unspecified atom stereocenters. The molecule has 0 radical (unpaired) electrons. The first-order chi connectivity index (χ1) is 8.06. The lowest BCUT2D eigenvalue weighted by atomic mass is 9.75. The summed E-state index contributed by atoms with van der Waals surface area (Å²) in [6, 6.07) is 0. The summed E-state index contributed by atoms with van der Waals surface area (Å²) in [4.78, 5) is 11.8. The van der Waals surface area contributed by atoms with Crippen LogP contribution in [0.1, 0.15) is 32.6 Å². The molecule has 0 amide bonds. The lowest BCUT2D eigenvalue weighted by molar-refractivity contribution is -0.214. The summed E-state index contributed by atoms with van der Waals surface area (Å²) in [5.74, 6) is -1.18. The molecule has 2 aliphatic rings. The second kappa shape index (κ2) is 5.02. The summed E-state index contributed by atoms with van der Waals surface area (Å²) in [5, 5.41) is 29.4. The number of carbonyl (C=O) groups is 1. The van der Waals surface area contributed by atoms with E-state index in [1.165, 1.54) is 0 Å². The van der Waals surface area contributed by atoms with Crippen molar-refractivity contribution in [2.45, 2.75) is 63.1 Å². The van der Waals surface area contributed by atoms with E-state index < -0.39 is 36.1 Å². The summed E-state index contributed by atoms with van der Waals surface area (Å²) >= 11 is 0. The van der Waals surface area contributed by atoms with Gasteiger partial charge in [0.05, 0.1) is 24.2 Å². The third-order valence-electron chi connectivity index (χ3n) is 3.80. The van der Waals surface area contributed by atoms with Crippen LogP contribution in [0.4, 0.5) is 0 Å². The van der Waals surface area contributed by atoms with E-state index in [2.05, 4.69) is 0 Å². The van der Waals surface area contributed by atoms with E-state index in [4.69, 9.17) is 4.74 Å². The zero-order valence-corrected chi connectivity index (χ0v) is 9.95. The summed E-state index contributed by atoms with van der Waals surface area (Å²) in [7, 11) is 0. The fourth-order valence-corrected chi connectivity index (χ4v) is 2.85. The minimum absolute atomic E-state index is 0.360. The molecule has 0 bridgehead atoms. The Morgan fingerprint density at radius 3 is 2.59 bits per heavy atom. The highest BCUT2D eigenvalue weighted by Gasteiger charge is 2.50. The molecule has 2 rings (SSSR count). The van der Waals surface area contributed by atoms with Crippen molar-refractivity contribution < 1.29 is 24.9 Å². The highest BCUT2D eigenvalue weighted by atomic mass is 16.5. The van der Waals surface area contributed by atoms with E-state index in [1.807, 2.05) is 6.92 Å². The summed E-state index contributed by atoms with van der Waals surface area (Å²) in [6.07, 6.45) is -1.49. The van der Waals surface area contributed by atoms with Gasteiger partial charge in [-0.15, -0.1) is 0 Å². The molecule has 1 saturated carbocycles. The first-order valence-electron chi connectivity index (χ1n) is 6.29. The van der Waals surface area contributed by atoms with Crippen LogP contribution in [-0.2, 0) is 9.53 Å². The van der Waals surface area contributed by atoms with Crippen molar-refractivity contribution >= 4 is 5.78 Å². The highest BCUT2D eigenvalue weighted by molar-refractivity contribution is 5.87. The van der Waals surface area contributed by atoms with Crippen LogP contribution in [0.5, 0.6) is 0 Å². The van der Waals surface area contributed by atoms with Crippen LogP contribution >= 0.6 is 0 Å². The Balaban J connectivity index is 2.14. The SMILES string of the molecule is CCC[C@H]1O[C@H]2CC[C@@H](O)C(=O)[C@H]2[C@@H](O)[C@@H]1O. The lowest BCUT2D eigenvalue weighted by Crippen LogP contribution is -2.60. The maximum absolute atomic E-state index is 11.8. The maximum Gasteiger partial charge on any atom is 0.169 e. The quantitative estimate of drug-likeness (QED) is 0.616. The number of hydrogen-bond acceptors (Lipinski definition) is 5. The van der Waals surface area contributed by atoms with Crippen molar-refractivity contribution in [1.29, 1.82) is 0 Å². The Labute approximate surface area is 100 Å². The number of Topliss-reactive ketones (excluding diaryl/α,β-unsaturated/α-hetero) is 1. The number of ether oxygens (including phenoxy) is 1. The molecule has 1 aliphatic heterocycles.